The minimum Gasteiger partial charge on any atom is -0.383 e. The zero-order valence-electron chi connectivity index (χ0n) is 20.5. The molecule has 2 aromatic carbocycles. The zero-order valence-corrected chi connectivity index (χ0v) is 22.8. The first kappa shape index (κ1) is 26.7. The van der Waals surface area contributed by atoms with Gasteiger partial charge >= 0.3 is 0 Å². The number of halogens is 3. The minimum absolute atomic E-state index is 0.0105. The van der Waals surface area contributed by atoms with Crippen LogP contribution >= 0.6 is 35.0 Å². The van der Waals surface area contributed by atoms with Gasteiger partial charge in [0.1, 0.15) is 11.6 Å². The summed E-state index contributed by atoms with van der Waals surface area (Å²) in [6.07, 6.45) is 3.67. The van der Waals surface area contributed by atoms with Crippen LogP contribution in [-0.4, -0.2) is 53.9 Å². The lowest BCUT2D eigenvalue weighted by Gasteiger charge is -2.35. The third-order valence-electron chi connectivity index (χ3n) is 6.62. The number of hydrogen-bond donors (Lipinski definition) is 1. The van der Waals surface area contributed by atoms with Gasteiger partial charge < -0.3 is 15.5 Å². The Hall–Kier alpha value is -2.32. The first-order valence-electron chi connectivity index (χ1n) is 11.8. The summed E-state index contributed by atoms with van der Waals surface area (Å²) < 4.78 is 14.0. The predicted octanol–water partition coefficient (Wildman–Crippen LogP) is 6.80. The van der Waals surface area contributed by atoms with Crippen molar-refractivity contribution in [3.8, 4) is 11.1 Å². The molecule has 0 saturated carbocycles. The molecule has 1 unspecified atom stereocenters. The number of amides is 1. The van der Waals surface area contributed by atoms with Crippen molar-refractivity contribution in [2.45, 2.75) is 36.0 Å². The van der Waals surface area contributed by atoms with Gasteiger partial charge in [-0.1, -0.05) is 35.3 Å². The molecule has 2 N–H and O–H groups in total. The van der Waals surface area contributed by atoms with Gasteiger partial charge in [-0.15, -0.1) is 11.8 Å². The SMILES string of the molecule is CC(Sc1cc(-c2ccc(C(=O)N3CCC(N(C)C)CC3)cc2)cnc1N)c1c(Cl)ccc(F)c1Cl. The smallest absolute Gasteiger partial charge is 0.253 e. The van der Waals surface area contributed by atoms with Gasteiger partial charge in [0.2, 0.25) is 0 Å². The van der Waals surface area contributed by atoms with Gasteiger partial charge in [-0.25, -0.2) is 9.37 Å². The summed E-state index contributed by atoms with van der Waals surface area (Å²) in [6.45, 7) is 3.43. The molecule has 1 amide bonds. The number of hydrogen-bond acceptors (Lipinski definition) is 5. The fraction of sp³-hybridized carbons (Fsp3) is 0.333. The van der Waals surface area contributed by atoms with Gasteiger partial charge in [-0.3, -0.25) is 4.79 Å². The van der Waals surface area contributed by atoms with Crippen molar-refractivity contribution in [3.63, 3.8) is 0 Å². The maximum atomic E-state index is 14.0. The molecule has 0 spiro atoms. The molecule has 190 valence electrons. The van der Waals surface area contributed by atoms with Crippen molar-refractivity contribution in [2.24, 2.45) is 0 Å². The van der Waals surface area contributed by atoms with Gasteiger partial charge in [0, 0.05) is 52.3 Å². The van der Waals surface area contributed by atoms with Crippen LogP contribution < -0.4 is 5.73 Å². The van der Waals surface area contributed by atoms with Crippen LogP contribution in [-0.2, 0) is 0 Å². The highest BCUT2D eigenvalue weighted by Crippen LogP contribution is 2.44. The molecule has 5 nitrogen and oxygen atoms in total. The van der Waals surface area contributed by atoms with Crippen molar-refractivity contribution in [3.05, 3.63) is 75.7 Å². The molecule has 3 aromatic rings. The number of rotatable bonds is 6. The number of carbonyl (C=O) groups is 1. The van der Waals surface area contributed by atoms with Crippen molar-refractivity contribution in [2.75, 3.05) is 32.9 Å². The van der Waals surface area contributed by atoms with Crippen molar-refractivity contribution >= 4 is 46.7 Å². The highest BCUT2D eigenvalue weighted by molar-refractivity contribution is 7.99. The van der Waals surface area contributed by atoms with E-state index in [-0.39, 0.29) is 16.2 Å². The fourth-order valence-corrected chi connectivity index (χ4v) is 6.38. The van der Waals surface area contributed by atoms with E-state index in [4.69, 9.17) is 28.9 Å². The summed E-state index contributed by atoms with van der Waals surface area (Å²) in [6, 6.07) is 12.8. The van der Waals surface area contributed by atoms with Crippen LogP contribution in [0.5, 0.6) is 0 Å². The second kappa shape index (κ2) is 11.4. The fourth-order valence-electron chi connectivity index (χ4n) is 4.45. The summed E-state index contributed by atoms with van der Waals surface area (Å²) in [5.41, 5.74) is 9.12. The number of pyridine rings is 1. The molecule has 2 heterocycles. The Kier molecular flexibility index (Phi) is 8.45. The number of piperidine rings is 1. The first-order chi connectivity index (χ1) is 17.2. The lowest BCUT2D eigenvalue weighted by molar-refractivity contribution is 0.0663. The van der Waals surface area contributed by atoms with E-state index in [0.29, 0.717) is 28.0 Å². The van der Waals surface area contributed by atoms with Gasteiger partial charge in [0.05, 0.1) is 9.92 Å². The van der Waals surface area contributed by atoms with Crippen molar-refractivity contribution in [1.29, 1.82) is 0 Å². The molecular formula is C27H29Cl2FN4OS. The van der Waals surface area contributed by atoms with Gasteiger partial charge in [0.25, 0.3) is 5.91 Å². The average molecular weight is 548 g/mol. The summed E-state index contributed by atoms with van der Waals surface area (Å²) >= 11 is 13.9. The third-order valence-corrected chi connectivity index (χ3v) is 8.50. The standard InChI is InChI=1S/C27H29Cl2FN4OS/c1-16(24-21(28)8-9-22(30)25(24)29)36-23-14-19(15-32-26(23)31)17-4-6-18(7-5-17)27(35)34-12-10-20(11-13-34)33(2)3/h4-9,14-16,20H,10-13H2,1-3H3,(H2,31,32). The molecule has 1 aliphatic heterocycles. The summed E-state index contributed by atoms with van der Waals surface area (Å²) in [4.78, 5) is 22.2. The molecular weight excluding hydrogens is 518 g/mol. The normalized spacial score (nSPS) is 15.4. The van der Waals surface area contributed by atoms with Crippen LogP contribution in [0.15, 0.2) is 53.6 Å². The van der Waals surface area contributed by atoms with Gasteiger partial charge in [-0.05, 0) is 69.8 Å². The van der Waals surface area contributed by atoms with Crippen LogP contribution in [0.25, 0.3) is 11.1 Å². The Morgan fingerprint density at radius 1 is 1.14 bits per heavy atom. The monoisotopic (exact) mass is 546 g/mol. The molecule has 1 aromatic heterocycles. The molecule has 4 rings (SSSR count). The number of benzene rings is 2. The maximum Gasteiger partial charge on any atom is 0.253 e. The number of anilines is 1. The highest BCUT2D eigenvalue weighted by atomic mass is 35.5. The van der Waals surface area contributed by atoms with Crippen molar-refractivity contribution in [1.82, 2.24) is 14.8 Å². The van der Waals surface area contributed by atoms with Gasteiger partial charge in [-0.2, -0.15) is 0 Å². The number of likely N-dealkylation sites (tertiary alicyclic amines) is 1. The first-order valence-corrected chi connectivity index (χ1v) is 13.4. The van der Waals surface area contributed by atoms with Crippen molar-refractivity contribution < 1.29 is 9.18 Å². The highest BCUT2D eigenvalue weighted by Gasteiger charge is 2.25. The molecule has 1 atom stereocenters. The van der Waals surface area contributed by atoms with E-state index in [9.17, 15) is 9.18 Å². The lowest BCUT2D eigenvalue weighted by Crippen LogP contribution is -2.44. The number of thioether (sulfide) groups is 1. The van der Waals surface area contributed by atoms with E-state index in [1.165, 1.54) is 23.9 Å². The van der Waals surface area contributed by atoms with E-state index >= 15 is 0 Å². The van der Waals surface area contributed by atoms with Crippen LogP contribution in [0.2, 0.25) is 10.0 Å². The van der Waals surface area contributed by atoms with E-state index in [2.05, 4.69) is 24.0 Å². The average Bonchev–Trinajstić information content (AvgIpc) is 2.87. The minimum atomic E-state index is -0.514. The van der Waals surface area contributed by atoms with E-state index in [0.717, 1.165) is 42.0 Å². The quantitative estimate of drug-likeness (QED) is 0.272. The molecule has 0 bridgehead atoms. The lowest BCUT2D eigenvalue weighted by atomic mass is 10.0. The largest absolute Gasteiger partial charge is 0.383 e. The third kappa shape index (κ3) is 5.80. The molecule has 1 fully saturated rings. The Morgan fingerprint density at radius 3 is 2.44 bits per heavy atom. The number of nitrogens with zero attached hydrogens (tertiary/aromatic N) is 3. The number of aromatic nitrogens is 1. The van der Waals surface area contributed by atoms with Crippen LogP contribution in [0.1, 0.15) is 40.9 Å². The molecule has 0 radical (unpaired) electrons. The Morgan fingerprint density at radius 2 is 1.81 bits per heavy atom. The second-order valence-electron chi connectivity index (χ2n) is 9.19. The Labute approximate surface area is 225 Å². The molecule has 1 aliphatic rings. The molecule has 0 aliphatic carbocycles. The zero-order chi connectivity index (χ0) is 26.0. The number of carbonyl (C=O) groups excluding carboxylic acids is 1. The summed E-state index contributed by atoms with van der Waals surface area (Å²) in [7, 11) is 4.17. The summed E-state index contributed by atoms with van der Waals surface area (Å²) in [5.74, 6) is -0.0876. The topological polar surface area (TPSA) is 62.5 Å². The number of nitrogen functional groups attached to an aromatic ring is 1. The van der Waals surface area contributed by atoms with Crippen LogP contribution in [0, 0.1) is 5.82 Å². The Balaban J connectivity index is 1.49. The number of nitrogens with two attached hydrogens (primary N) is 1. The van der Waals surface area contributed by atoms with E-state index in [1.54, 1.807) is 6.20 Å². The molecule has 9 heteroatoms. The molecule has 36 heavy (non-hydrogen) atoms. The van der Waals surface area contributed by atoms with E-state index in [1.807, 2.05) is 42.2 Å². The van der Waals surface area contributed by atoms with E-state index < -0.39 is 5.82 Å². The van der Waals surface area contributed by atoms with Gasteiger partial charge in [0.15, 0.2) is 0 Å². The Bertz CT molecular complexity index is 1250. The predicted molar refractivity (Wildman–Crippen MR) is 147 cm³/mol. The maximum absolute atomic E-state index is 14.0. The van der Waals surface area contributed by atoms with Crippen LogP contribution in [0.3, 0.4) is 0 Å². The summed E-state index contributed by atoms with van der Waals surface area (Å²) in [5, 5.41) is 0.156. The molecule has 1 saturated heterocycles. The second-order valence-corrected chi connectivity index (χ2v) is 11.4. The van der Waals surface area contributed by atoms with Crippen LogP contribution in [0.4, 0.5) is 10.2 Å².